The molecule has 0 fully saturated rings. The Morgan fingerprint density at radius 1 is 1.70 bits per heavy atom. The minimum atomic E-state index is 0.748. The van der Waals surface area contributed by atoms with Crippen LogP contribution in [0.2, 0.25) is 0 Å². The van der Waals surface area contributed by atoms with Crippen LogP contribution in [0.15, 0.2) is 16.1 Å². The molecule has 0 atom stereocenters. The maximum atomic E-state index is 3.68. The van der Waals surface area contributed by atoms with Crippen LogP contribution in [-0.4, -0.2) is 12.5 Å². The molecule has 0 saturated heterocycles. The Labute approximate surface area is 67.6 Å². The van der Waals surface area contributed by atoms with Crippen LogP contribution < -0.4 is 0 Å². The number of aliphatic imine (C=N–C) groups is 1. The van der Waals surface area contributed by atoms with Crippen molar-refractivity contribution in [1.82, 2.24) is 0 Å². The van der Waals surface area contributed by atoms with Crippen LogP contribution in [0.1, 0.15) is 20.8 Å². The van der Waals surface area contributed by atoms with Gasteiger partial charge in [-0.25, -0.2) is 0 Å². The van der Waals surface area contributed by atoms with Gasteiger partial charge in [-0.05, 0) is 24.5 Å². The molecule has 0 aromatic rings. The predicted octanol–water partition coefficient (Wildman–Crippen LogP) is 2.94. The quantitative estimate of drug-likeness (QED) is 0.571. The van der Waals surface area contributed by atoms with Gasteiger partial charge in [0.25, 0.3) is 0 Å². The number of hydrogen-bond donors (Lipinski definition) is 0. The molecule has 0 bridgehead atoms. The van der Waals surface area contributed by atoms with Crippen LogP contribution in [0.4, 0.5) is 0 Å². The molecule has 0 rings (SSSR count). The minimum Gasteiger partial charge on any atom is -0.272 e. The first kappa shape index (κ1) is 9.76. The standard InChI is InChI=1S/C8H15NS/c1-7(2)6-10-8(3)5-9-4/h5,7H,4,6H2,1-3H3/b8-5-. The van der Waals surface area contributed by atoms with Crippen LogP contribution in [0, 0.1) is 5.92 Å². The molecule has 58 valence electrons. The first-order valence-corrected chi connectivity index (χ1v) is 4.40. The fourth-order valence-corrected chi connectivity index (χ4v) is 1.21. The smallest absolute Gasteiger partial charge is 0.0352 e. The minimum absolute atomic E-state index is 0.748. The lowest BCUT2D eigenvalue weighted by Crippen LogP contribution is -1.89. The molecular formula is C8H15NS. The average molecular weight is 157 g/mol. The lowest BCUT2D eigenvalue weighted by molar-refractivity contribution is 0.751. The highest BCUT2D eigenvalue weighted by atomic mass is 32.2. The highest BCUT2D eigenvalue weighted by molar-refractivity contribution is 8.03. The topological polar surface area (TPSA) is 12.4 Å². The fourth-order valence-electron chi connectivity index (χ4n) is 0.464. The third-order valence-electron chi connectivity index (χ3n) is 0.917. The number of hydrogen-bond acceptors (Lipinski definition) is 2. The largest absolute Gasteiger partial charge is 0.272 e. The van der Waals surface area contributed by atoms with E-state index in [-0.39, 0.29) is 0 Å². The summed E-state index contributed by atoms with van der Waals surface area (Å²) < 4.78 is 0. The molecule has 0 spiro atoms. The molecule has 1 nitrogen and oxygen atoms in total. The van der Waals surface area contributed by atoms with Crippen LogP contribution >= 0.6 is 11.8 Å². The SMILES string of the molecule is C=N/C=C(/C)SCC(C)C. The van der Waals surface area contributed by atoms with Crippen molar-refractivity contribution in [2.75, 3.05) is 5.75 Å². The molecule has 0 N–H and O–H groups in total. The monoisotopic (exact) mass is 157 g/mol. The van der Waals surface area contributed by atoms with Crippen molar-refractivity contribution in [1.29, 1.82) is 0 Å². The maximum Gasteiger partial charge on any atom is 0.0352 e. The molecule has 0 aromatic heterocycles. The van der Waals surface area contributed by atoms with E-state index in [9.17, 15) is 0 Å². The second-order valence-corrected chi connectivity index (χ2v) is 3.89. The van der Waals surface area contributed by atoms with E-state index >= 15 is 0 Å². The number of allylic oxidation sites excluding steroid dienone is 1. The molecule has 0 amide bonds. The zero-order valence-electron chi connectivity index (χ0n) is 6.92. The summed E-state index contributed by atoms with van der Waals surface area (Å²) in [5.41, 5.74) is 0. The second kappa shape index (κ2) is 5.54. The van der Waals surface area contributed by atoms with E-state index in [1.807, 2.05) is 11.8 Å². The van der Waals surface area contributed by atoms with Crippen LogP contribution in [-0.2, 0) is 0 Å². The van der Waals surface area contributed by atoms with Crippen LogP contribution in [0.3, 0.4) is 0 Å². The van der Waals surface area contributed by atoms with E-state index in [1.54, 1.807) is 6.20 Å². The zero-order valence-corrected chi connectivity index (χ0v) is 7.74. The Bertz CT molecular complexity index is 127. The summed E-state index contributed by atoms with van der Waals surface area (Å²) >= 11 is 1.84. The van der Waals surface area contributed by atoms with Crippen LogP contribution in [0.25, 0.3) is 0 Å². The summed E-state index contributed by atoms with van der Waals surface area (Å²) in [4.78, 5) is 4.92. The highest BCUT2D eigenvalue weighted by Gasteiger charge is 1.94. The normalized spacial score (nSPS) is 12.2. The molecule has 0 heterocycles. The molecule has 2 heteroatoms. The molecule has 0 aliphatic carbocycles. The number of rotatable bonds is 4. The molecule has 0 aromatic carbocycles. The fraction of sp³-hybridized carbons (Fsp3) is 0.625. The van der Waals surface area contributed by atoms with Gasteiger partial charge in [0, 0.05) is 12.0 Å². The maximum absolute atomic E-state index is 3.68. The predicted molar refractivity (Wildman–Crippen MR) is 50.6 cm³/mol. The molecule has 10 heavy (non-hydrogen) atoms. The lowest BCUT2D eigenvalue weighted by atomic mass is 10.3. The summed E-state index contributed by atoms with van der Waals surface area (Å²) in [5, 5.41) is 0. The van der Waals surface area contributed by atoms with Gasteiger partial charge >= 0.3 is 0 Å². The van der Waals surface area contributed by atoms with Gasteiger partial charge in [-0.1, -0.05) is 13.8 Å². The highest BCUT2D eigenvalue weighted by Crippen LogP contribution is 2.17. The van der Waals surface area contributed by atoms with Gasteiger partial charge in [0.05, 0.1) is 0 Å². The molecular weight excluding hydrogens is 142 g/mol. The van der Waals surface area contributed by atoms with Crippen molar-refractivity contribution in [3.63, 3.8) is 0 Å². The average Bonchev–Trinajstić information content (AvgIpc) is 1.85. The molecule has 0 aliphatic rings. The summed E-state index contributed by atoms with van der Waals surface area (Å²) in [6.07, 6.45) is 1.80. The van der Waals surface area contributed by atoms with E-state index < -0.39 is 0 Å². The Hall–Kier alpha value is -0.240. The van der Waals surface area contributed by atoms with Gasteiger partial charge in [-0.15, -0.1) is 11.8 Å². The van der Waals surface area contributed by atoms with E-state index in [1.165, 1.54) is 4.91 Å². The summed E-state index contributed by atoms with van der Waals surface area (Å²) in [6.45, 7) is 9.87. The zero-order chi connectivity index (χ0) is 7.98. The van der Waals surface area contributed by atoms with Crippen LogP contribution in [0.5, 0.6) is 0 Å². The van der Waals surface area contributed by atoms with Gasteiger partial charge in [0.1, 0.15) is 0 Å². The Morgan fingerprint density at radius 2 is 2.30 bits per heavy atom. The van der Waals surface area contributed by atoms with Gasteiger partial charge in [-0.2, -0.15) is 0 Å². The number of thioether (sulfide) groups is 1. The van der Waals surface area contributed by atoms with Crippen molar-refractivity contribution in [2.45, 2.75) is 20.8 Å². The Balaban J connectivity index is 3.48. The van der Waals surface area contributed by atoms with E-state index in [0.717, 1.165) is 11.7 Å². The Kier molecular flexibility index (Phi) is 5.40. The van der Waals surface area contributed by atoms with Gasteiger partial charge in [0.2, 0.25) is 0 Å². The third-order valence-corrected chi connectivity index (χ3v) is 2.31. The van der Waals surface area contributed by atoms with Gasteiger partial charge < -0.3 is 0 Å². The lowest BCUT2D eigenvalue weighted by Gasteiger charge is -2.02. The Morgan fingerprint density at radius 3 is 2.70 bits per heavy atom. The third kappa shape index (κ3) is 5.89. The van der Waals surface area contributed by atoms with Crippen molar-refractivity contribution in [3.8, 4) is 0 Å². The molecule has 0 unspecified atom stereocenters. The van der Waals surface area contributed by atoms with Crippen molar-refractivity contribution in [3.05, 3.63) is 11.1 Å². The summed E-state index contributed by atoms with van der Waals surface area (Å²) in [5.74, 6) is 1.91. The van der Waals surface area contributed by atoms with Crippen molar-refractivity contribution < 1.29 is 0 Å². The van der Waals surface area contributed by atoms with E-state index in [0.29, 0.717) is 0 Å². The second-order valence-electron chi connectivity index (χ2n) is 2.63. The molecule has 0 saturated carbocycles. The van der Waals surface area contributed by atoms with Crippen molar-refractivity contribution >= 4 is 18.5 Å². The first-order chi connectivity index (χ1) is 4.66. The summed E-state index contributed by atoms with van der Waals surface area (Å²) in [7, 11) is 0. The number of nitrogens with zero attached hydrogens (tertiary/aromatic N) is 1. The van der Waals surface area contributed by atoms with Crippen molar-refractivity contribution in [2.24, 2.45) is 10.9 Å². The molecule has 0 aliphatic heterocycles. The first-order valence-electron chi connectivity index (χ1n) is 3.42. The van der Waals surface area contributed by atoms with E-state index in [4.69, 9.17) is 0 Å². The van der Waals surface area contributed by atoms with Gasteiger partial charge in [-0.3, -0.25) is 4.99 Å². The summed E-state index contributed by atoms with van der Waals surface area (Å²) in [6, 6.07) is 0. The molecule has 0 radical (unpaired) electrons. The van der Waals surface area contributed by atoms with Gasteiger partial charge in [0.15, 0.2) is 0 Å². The van der Waals surface area contributed by atoms with E-state index in [2.05, 4.69) is 32.5 Å².